The summed E-state index contributed by atoms with van der Waals surface area (Å²) in [5, 5.41) is 3.09. The number of rotatable bonds is 4. The standard InChI is InChI=1S/C13H18F2N2O/c1-16-7-12-9-18-5-4-17(12)8-10-6-11(14)2-3-13(10)15/h2-3,6,12,16H,4-5,7-9H2,1H3. The lowest BCUT2D eigenvalue weighted by Crippen LogP contribution is -2.49. The van der Waals surface area contributed by atoms with Crippen molar-refractivity contribution in [3.05, 3.63) is 35.4 Å². The van der Waals surface area contributed by atoms with Crippen molar-refractivity contribution in [3.63, 3.8) is 0 Å². The van der Waals surface area contributed by atoms with Crippen LogP contribution in [0.15, 0.2) is 18.2 Å². The Labute approximate surface area is 106 Å². The number of nitrogens with zero attached hydrogens (tertiary/aromatic N) is 1. The molecule has 3 nitrogen and oxygen atoms in total. The van der Waals surface area contributed by atoms with E-state index in [2.05, 4.69) is 10.2 Å². The van der Waals surface area contributed by atoms with Crippen LogP contribution < -0.4 is 5.32 Å². The zero-order chi connectivity index (χ0) is 13.0. The molecule has 1 N–H and O–H groups in total. The van der Waals surface area contributed by atoms with Crippen molar-refractivity contribution in [2.45, 2.75) is 12.6 Å². The molecule has 0 aliphatic carbocycles. The molecule has 5 heteroatoms. The summed E-state index contributed by atoms with van der Waals surface area (Å²) in [4.78, 5) is 2.12. The molecule has 0 bridgehead atoms. The van der Waals surface area contributed by atoms with Crippen molar-refractivity contribution in [2.75, 3.05) is 33.4 Å². The molecular weight excluding hydrogens is 238 g/mol. The smallest absolute Gasteiger partial charge is 0.127 e. The van der Waals surface area contributed by atoms with Crippen molar-refractivity contribution < 1.29 is 13.5 Å². The maximum atomic E-state index is 13.6. The number of hydrogen-bond donors (Lipinski definition) is 1. The van der Waals surface area contributed by atoms with Crippen LogP contribution in [0.2, 0.25) is 0 Å². The SMILES string of the molecule is CNCC1COCCN1Cc1cc(F)ccc1F. The van der Waals surface area contributed by atoms with Gasteiger partial charge in [-0.05, 0) is 25.2 Å². The first-order valence-electron chi connectivity index (χ1n) is 6.11. The van der Waals surface area contributed by atoms with Gasteiger partial charge in [0.15, 0.2) is 0 Å². The molecule has 0 saturated carbocycles. The average Bonchev–Trinajstić information content (AvgIpc) is 2.36. The monoisotopic (exact) mass is 256 g/mol. The summed E-state index contributed by atoms with van der Waals surface area (Å²) < 4.78 is 32.1. The second kappa shape index (κ2) is 6.22. The average molecular weight is 256 g/mol. The van der Waals surface area contributed by atoms with Crippen LogP contribution in [0.3, 0.4) is 0 Å². The number of ether oxygens (including phenoxy) is 1. The summed E-state index contributed by atoms with van der Waals surface area (Å²) in [6.07, 6.45) is 0. The molecule has 1 saturated heterocycles. The summed E-state index contributed by atoms with van der Waals surface area (Å²) in [6, 6.07) is 3.79. The zero-order valence-electron chi connectivity index (χ0n) is 10.5. The van der Waals surface area contributed by atoms with E-state index < -0.39 is 5.82 Å². The van der Waals surface area contributed by atoms with Crippen LogP contribution in [0.4, 0.5) is 8.78 Å². The fourth-order valence-corrected chi connectivity index (χ4v) is 2.20. The van der Waals surface area contributed by atoms with Gasteiger partial charge in [-0.25, -0.2) is 8.78 Å². The van der Waals surface area contributed by atoms with E-state index in [0.717, 1.165) is 19.2 Å². The van der Waals surface area contributed by atoms with Crippen molar-refractivity contribution in [1.29, 1.82) is 0 Å². The predicted octanol–water partition coefficient (Wildman–Crippen LogP) is 1.38. The minimum absolute atomic E-state index is 0.200. The molecule has 1 atom stereocenters. The van der Waals surface area contributed by atoms with Crippen LogP contribution in [0.25, 0.3) is 0 Å². The molecule has 0 radical (unpaired) electrons. The van der Waals surface area contributed by atoms with Gasteiger partial charge in [-0.15, -0.1) is 0 Å². The Bertz CT molecular complexity index is 399. The normalized spacial score (nSPS) is 21.2. The van der Waals surface area contributed by atoms with Gasteiger partial charge in [0.1, 0.15) is 11.6 Å². The van der Waals surface area contributed by atoms with Crippen molar-refractivity contribution in [2.24, 2.45) is 0 Å². The van der Waals surface area contributed by atoms with Crippen LogP contribution in [-0.4, -0.2) is 44.3 Å². The first-order valence-corrected chi connectivity index (χ1v) is 6.11. The first kappa shape index (κ1) is 13.4. The highest BCUT2D eigenvalue weighted by Gasteiger charge is 2.23. The molecule has 1 heterocycles. The molecule has 100 valence electrons. The van der Waals surface area contributed by atoms with E-state index in [1.807, 2.05) is 7.05 Å². The number of likely N-dealkylation sites (N-methyl/N-ethyl adjacent to an activating group) is 1. The minimum atomic E-state index is -0.398. The van der Waals surface area contributed by atoms with Gasteiger partial charge in [-0.2, -0.15) is 0 Å². The van der Waals surface area contributed by atoms with E-state index in [1.54, 1.807) is 0 Å². The van der Waals surface area contributed by atoms with Crippen LogP contribution in [-0.2, 0) is 11.3 Å². The maximum Gasteiger partial charge on any atom is 0.127 e. The predicted molar refractivity (Wildman–Crippen MR) is 65.3 cm³/mol. The lowest BCUT2D eigenvalue weighted by Gasteiger charge is -2.35. The Morgan fingerprint density at radius 3 is 3.06 bits per heavy atom. The summed E-state index contributed by atoms with van der Waals surface area (Å²) >= 11 is 0. The minimum Gasteiger partial charge on any atom is -0.378 e. The molecule has 0 amide bonds. The van der Waals surface area contributed by atoms with Gasteiger partial charge >= 0.3 is 0 Å². The number of hydrogen-bond acceptors (Lipinski definition) is 3. The van der Waals surface area contributed by atoms with Gasteiger partial charge in [-0.1, -0.05) is 0 Å². The van der Waals surface area contributed by atoms with Gasteiger partial charge < -0.3 is 10.1 Å². The van der Waals surface area contributed by atoms with E-state index >= 15 is 0 Å². The quantitative estimate of drug-likeness (QED) is 0.881. The van der Waals surface area contributed by atoms with Crippen molar-refractivity contribution >= 4 is 0 Å². The number of halogens is 2. The summed E-state index contributed by atoms with van der Waals surface area (Å²) in [5.74, 6) is -0.754. The molecule has 1 aliphatic rings. The van der Waals surface area contributed by atoms with E-state index in [9.17, 15) is 8.78 Å². The zero-order valence-corrected chi connectivity index (χ0v) is 10.5. The molecule has 1 unspecified atom stereocenters. The Hall–Kier alpha value is -1.04. The highest BCUT2D eigenvalue weighted by molar-refractivity contribution is 5.18. The molecule has 1 aromatic carbocycles. The van der Waals surface area contributed by atoms with Crippen LogP contribution in [0, 0.1) is 11.6 Å². The Morgan fingerprint density at radius 1 is 1.44 bits per heavy atom. The third-order valence-corrected chi connectivity index (χ3v) is 3.17. The van der Waals surface area contributed by atoms with E-state index in [0.29, 0.717) is 25.3 Å². The molecule has 2 rings (SSSR count). The van der Waals surface area contributed by atoms with Crippen LogP contribution in [0.5, 0.6) is 0 Å². The molecule has 1 fully saturated rings. The molecular formula is C13H18F2N2O. The Balaban J connectivity index is 2.08. The molecule has 18 heavy (non-hydrogen) atoms. The Kier molecular flexibility index (Phi) is 4.63. The van der Waals surface area contributed by atoms with Gasteiger partial charge in [0, 0.05) is 31.2 Å². The summed E-state index contributed by atoms with van der Waals surface area (Å²) in [5.41, 5.74) is 0.401. The fourth-order valence-electron chi connectivity index (χ4n) is 2.20. The van der Waals surface area contributed by atoms with Crippen molar-refractivity contribution in [3.8, 4) is 0 Å². The first-order chi connectivity index (χ1) is 8.70. The highest BCUT2D eigenvalue weighted by Crippen LogP contribution is 2.16. The fraction of sp³-hybridized carbons (Fsp3) is 0.538. The number of morpholine rings is 1. The van der Waals surface area contributed by atoms with Gasteiger partial charge in [-0.3, -0.25) is 4.90 Å². The molecule has 1 aromatic rings. The maximum absolute atomic E-state index is 13.6. The van der Waals surface area contributed by atoms with Crippen molar-refractivity contribution in [1.82, 2.24) is 10.2 Å². The second-order valence-electron chi connectivity index (χ2n) is 4.49. The van der Waals surface area contributed by atoms with Gasteiger partial charge in [0.25, 0.3) is 0 Å². The topological polar surface area (TPSA) is 24.5 Å². The molecule has 0 spiro atoms. The van der Waals surface area contributed by atoms with Crippen LogP contribution in [0.1, 0.15) is 5.56 Å². The van der Waals surface area contributed by atoms with E-state index in [-0.39, 0.29) is 11.9 Å². The van der Waals surface area contributed by atoms with E-state index in [1.165, 1.54) is 12.1 Å². The lowest BCUT2D eigenvalue weighted by atomic mass is 10.1. The summed E-state index contributed by atoms with van der Waals surface area (Å²) in [6.45, 7) is 3.19. The van der Waals surface area contributed by atoms with E-state index in [4.69, 9.17) is 4.74 Å². The number of nitrogens with one attached hydrogen (secondary N) is 1. The third kappa shape index (κ3) is 3.25. The summed E-state index contributed by atoms with van der Waals surface area (Å²) in [7, 11) is 1.87. The number of benzene rings is 1. The van der Waals surface area contributed by atoms with Gasteiger partial charge in [0.2, 0.25) is 0 Å². The Morgan fingerprint density at radius 2 is 2.28 bits per heavy atom. The second-order valence-corrected chi connectivity index (χ2v) is 4.49. The largest absolute Gasteiger partial charge is 0.378 e. The van der Waals surface area contributed by atoms with Gasteiger partial charge in [0.05, 0.1) is 13.2 Å². The highest BCUT2D eigenvalue weighted by atomic mass is 19.1. The molecule has 0 aromatic heterocycles. The lowest BCUT2D eigenvalue weighted by molar-refractivity contribution is -0.0107. The van der Waals surface area contributed by atoms with Crippen LogP contribution >= 0.6 is 0 Å². The third-order valence-electron chi connectivity index (χ3n) is 3.17. The molecule has 1 aliphatic heterocycles.